The molecule has 2 aromatic rings. The van der Waals surface area contributed by atoms with Crippen molar-refractivity contribution in [3.05, 3.63) is 54.9 Å². The highest BCUT2D eigenvalue weighted by molar-refractivity contribution is 7.89. The van der Waals surface area contributed by atoms with Crippen LogP contribution >= 0.6 is 0 Å². The number of amides is 1. The molecule has 0 saturated carbocycles. The average Bonchev–Trinajstić information content (AvgIpc) is 2.89. The summed E-state index contributed by atoms with van der Waals surface area (Å²) in [4.78, 5) is 33.5. The van der Waals surface area contributed by atoms with E-state index in [0.717, 1.165) is 18.8 Å². The first-order chi connectivity index (χ1) is 16.4. The summed E-state index contributed by atoms with van der Waals surface area (Å²) in [5, 5.41) is 0. The van der Waals surface area contributed by atoms with Crippen molar-refractivity contribution in [1.29, 1.82) is 0 Å². The number of carbonyl (C=O) groups is 2. The summed E-state index contributed by atoms with van der Waals surface area (Å²) in [5.74, 6) is -1.06. The second-order valence-electron chi connectivity index (χ2n) is 8.59. The predicted octanol–water partition coefficient (Wildman–Crippen LogP) is 1.76. The standard InChI is InChI=1S/C24H30N4O5S/c1-19(23(29)27-16-14-26(15-17-27)21-6-3-2-4-7-21)33-24(30)20-9-12-28(13-10-20)34(31,32)22-8-5-11-25-18-22/h2-8,11,18-20H,9-10,12-17H2,1H3. The van der Waals surface area contributed by atoms with Crippen LogP contribution in [0.15, 0.2) is 59.8 Å². The Kier molecular flexibility index (Phi) is 7.47. The summed E-state index contributed by atoms with van der Waals surface area (Å²) in [6, 6.07) is 13.2. The highest BCUT2D eigenvalue weighted by Gasteiger charge is 2.35. The number of para-hydroxylation sites is 1. The molecule has 34 heavy (non-hydrogen) atoms. The molecule has 9 nitrogen and oxygen atoms in total. The van der Waals surface area contributed by atoms with Crippen molar-refractivity contribution in [3.63, 3.8) is 0 Å². The van der Waals surface area contributed by atoms with Crippen LogP contribution in [0.3, 0.4) is 0 Å². The van der Waals surface area contributed by atoms with Crippen molar-refractivity contribution in [2.75, 3.05) is 44.2 Å². The van der Waals surface area contributed by atoms with Gasteiger partial charge in [0.25, 0.3) is 5.91 Å². The van der Waals surface area contributed by atoms with Gasteiger partial charge < -0.3 is 14.5 Å². The molecule has 182 valence electrons. The zero-order chi connectivity index (χ0) is 24.1. The molecule has 1 aromatic carbocycles. The zero-order valence-corrected chi connectivity index (χ0v) is 20.1. The maximum Gasteiger partial charge on any atom is 0.309 e. The summed E-state index contributed by atoms with van der Waals surface area (Å²) in [7, 11) is -3.63. The van der Waals surface area contributed by atoms with Crippen LogP contribution in [0.5, 0.6) is 0 Å². The van der Waals surface area contributed by atoms with E-state index in [0.29, 0.717) is 25.9 Å². The van der Waals surface area contributed by atoms with Crippen LogP contribution in [0, 0.1) is 5.92 Å². The lowest BCUT2D eigenvalue weighted by Gasteiger charge is -2.37. The maximum atomic E-state index is 12.8. The Balaban J connectivity index is 1.24. The maximum absolute atomic E-state index is 12.8. The first kappa shape index (κ1) is 24.2. The number of esters is 1. The van der Waals surface area contributed by atoms with Gasteiger partial charge in [0.1, 0.15) is 4.90 Å². The molecule has 2 aliphatic rings. The fraction of sp³-hybridized carbons (Fsp3) is 0.458. The molecule has 2 fully saturated rings. The van der Waals surface area contributed by atoms with Gasteiger partial charge in [-0.25, -0.2) is 8.42 Å². The third-order valence-electron chi connectivity index (χ3n) is 6.41. The molecule has 2 aliphatic heterocycles. The number of rotatable bonds is 6. The highest BCUT2D eigenvalue weighted by Crippen LogP contribution is 2.25. The Morgan fingerprint density at radius 2 is 1.65 bits per heavy atom. The van der Waals surface area contributed by atoms with Gasteiger partial charge in [0.2, 0.25) is 10.0 Å². The van der Waals surface area contributed by atoms with Crippen LogP contribution < -0.4 is 4.90 Å². The Morgan fingerprint density at radius 3 is 2.26 bits per heavy atom. The number of anilines is 1. The topological polar surface area (TPSA) is 100 Å². The van der Waals surface area contributed by atoms with Gasteiger partial charge >= 0.3 is 5.97 Å². The molecular formula is C24H30N4O5S. The molecule has 4 rings (SSSR count). The minimum Gasteiger partial charge on any atom is -0.452 e. The number of benzene rings is 1. The molecule has 0 aliphatic carbocycles. The molecule has 1 aromatic heterocycles. The van der Waals surface area contributed by atoms with E-state index >= 15 is 0 Å². The molecule has 1 atom stereocenters. The number of carbonyl (C=O) groups excluding carboxylic acids is 2. The second kappa shape index (κ2) is 10.5. The van der Waals surface area contributed by atoms with Gasteiger partial charge in [-0.15, -0.1) is 0 Å². The quantitative estimate of drug-likeness (QED) is 0.574. The number of aromatic nitrogens is 1. The van der Waals surface area contributed by atoms with Crippen molar-refractivity contribution < 1.29 is 22.7 Å². The van der Waals surface area contributed by atoms with Crippen molar-refractivity contribution in [3.8, 4) is 0 Å². The summed E-state index contributed by atoms with van der Waals surface area (Å²) in [6.45, 7) is 4.63. The van der Waals surface area contributed by atoms with Gasteiger partial charge in [0.05, 0.1) is 5.92 Å². The minimum absolute atomic E-state index is 0.141. The van der Waals surface area contributed by atoms with E-state index in [4.69, 9.17) is 4.74 Å². The average molecular weight is 487 g/mol. The van der Waals surface area contributed by atoms with E-state index in [1.807, 2.05) is 18.2 Å². The summed E-state index contributed by atoms with van der Waals surface area (Å²) >= 11 is 0. The Labute approximate surface area is 200 Å². The molecule has 2 saturated heterocycles. The van der Waals surface area contributed by atoms with E-state index in [1.165, 1.54) is 22.8 Å². The lowest BCUT2D eigenvalue weighted by atomic mass is 9.98. The molecule has 3 heterocycles. The van der Waals surface area contributed by atoms with E-state index in [1.54, 1.807) is 17.9 Å². The van der Waals surface area contributed by atoms with Crippen molar-refractivity contribution >= 4 is 27.6 Å². The van der Waals surface area contributed by atoms with Crippen molar-refractivity contribution in [2.45, 2.75) is 30.8 Å². The number of ether oxygens (including phenoxy) is 1. The molecule has 0 radical (unpaired) electrons. The fourth-order valence-corrected chi connectivity index (χ4v) is 5.82. The number of piperazine rings is 1. The smallest absolute Gasteiger partial charge is 0.309 e. The predicted molar refractivity (Wildman–Crippen MR) is 127 cm³/mol. The number of nitrogens with zero attached hydrogens (tertiary/aromatic N) is 4. The van der Waals surface area contributed by atoms with Gasteiger partial charge in [0.15, 0.2) is 6.10 Å². The second-order valence-corrected chi connectivity index (χ2v) is 10.5. The fourth-order valence-electron chi connectivity index (χ4n) is 4.38. The van der Waals surface area contributed by atoms with Crippen LogP contribution in [-0.2, 0) is 24.3 Å². The van der Waals surface area contributed by atoms with Crippen molar-refractivity contribution in [2.24, 2.45) is 5.92 Å². The van der Waals surface area contributed by atoms with Crippen LogP contribution in [-0.4, -0.2) is 79.9 Å². The highest BCUT2D eigenvalue weighted by atomic mass is 32.2. The zero-order valence-electron chi connectivity index (χ0n) is 19.2. The molecule has 1 amide bonds. The normalized spacial score (nSPS) is 19.0. The number of sulfonamides is 1. The largest absolute Gasteiger partial charge is 0.452 e. The number of hydrogen-bond acceptors (Lipinski definition) is 7. The van der Waals surface area contributed by atoms with Gasteiger partial charge in [-0.1, -0.05) is 18.2 Å². The summed E-state index contributed by atoms with van der Waals surface area (Å²) in [5.41, 5.74) is 1.13. The monoisotopic (exact) mass is 486 g/mol. The third kappa shape index (κ3) is 5.39. The van der Waals surface area contributed by atoms with Gasteiger partial charge in [-0.05, 0) is 44.0 Å². The summed E-state index contributed by atoms with van der Waals surface area (Å²) < 4.78 is 32.3. The van der Waals surface area contributed by atoms with E-state index in [2.05, 4.69) is 22.0 Å². The first-order valence-electron chi connectivity index (χ1n) is 11.6. The molecule has 0 N–H and O–H groups in total. The molecule has 1 unspecified atom stereocenters. The Hall–Kier alpha value is -2.98. The van der Waals surface area contributed by atoms with Crippen LogP contribution in [0.2, 0.25) is 0 Å². The first-order valence-corrected chi connectivity index (χ1v) is 13.0. The van der Waals surface area contributed by atoms with Crippen LogP contribution in [0.4, 0.5) is 5.69 Å². The molecule has 0 spiro atoms. The van der Waals surface area contributed by atoms with Gasteiger partial charge in [0, 0.05) is 57.3 Å². The molecule has 10 heteroatoms. The SMILES string of the molecule is CC(OC(=O)C1CCN(S(=O)(=O)c2cccnc2)CC1)C(=O)N1CCN(c2ccccc2)CC1. The van der Waals surface area contributed by atoms with E-state index in [9.17, 15) is 18.0 Å². The lowest BCUT2D eigenvalue weighted by Crippen LogP contribution is -2.52. The van der Waals surface area contributed by atoms with Gasteiger partial charge in [-0.2, -0.15) is 4.31 Å². The molecular weight excluding hydrogens is 456 g/mol. The lowest BCUT2D eigenvalue weighted by molar-refractivity contribution is -0.163. The van der Waals surface area contributed by atoms with E-state index < -0.39 is 28.0 Å². The van der Waals surface area contributed by atoms with Crippen molar-refractivity contribution in [1.82, 2.24) is 14.2 Å². The molecule has 0 bridgehead atoms. The van der Waals surface area contributed by atoms with E-state index in [-0.39, 0.29) is 23.9 Å². The third-order valence-corrected chi connectivity index (χ3v) is 8.30. The minimum atomic E-state index is -3.63. The van der Waals surface area contributed by atoms with Crippen LogP contribution in [0.1, 0.15) is 19.8 Å². The number of hydrogen-bond donors (Lipinski definition) is 0. The Morgan fingerprint density at radius 1 is 0.971 bits per heavy atom. The van der Waals surface area contributed by atoms with Gasteiger partial charge in [-0.3, -0.25) is 14.6 Å². The van der Waals surface area contributed by atoms with Crippen LogP contribution in [0.25, 0.3) is 0 Å². The number of piperidine rings is 1. The number of pyridine rings is 1. The summed E-state index contributed by atoms with van der Waals surface area (Å²) in [6.07, 6.45) is 2.69. The Bertz CT molecular complexity index is 1080.